The quantitative estimate of drug-likeness (QED) is 0.701. The standard InChI is InChI=1S/C11H24N2O2/c1-3-13(6-8-14-2)11(9-12)5-4-7-15-10-11/h3-10,12H2,1-2H3. The highest BCUT2D eigenvalue weighted by molar-refractivity contribution is 4.93. The van der Waals surface area contributed by atoms with E-state index in [1.54, 1.807) is 7.11 Å². The average molecular weight is 216 g/mol. The first kappa shape index (κ1) is 12.9. The van der Waals surface area contributed by atoms with Crippen LogP contribution in [0.15, 0.2) is 0 Å². The van der Waals surface area contributed by atoms with E-state index in [2.05, 4.69) is 11.8 Å². The van der Waals surface area contributed by atoms with Crippen LogP contribution in [0, 0.1) is 0 Å². The van der Waals surface area contributed by atoms with Crippen LogP contribution in [-0.2, 0) is 9.47 Å². The lowest BCUT2D eigenvalue weighted by atomic mass is 9.90. The van der Waals surface area contributed by atoms with E-state index in [4.69, 9.17) is 15.2 Å². The van der Waals surface area contributed by atoms with E-state index in [1.165, 1.54) is 0 Å². The first-order chi connectivity index (χ1) is 7.29. The molecule has 1 aliphatic heterocycles. The molecule has 90 valence electrons. The first-order valence-corrected chi connectivity index (χ1v) is 5.81. The van der Waals surface area contributed by atoms with Crippen molar-refractivity contribution in [3.05, 3.63) is 0 Å². The summed E-state index contributed by atoms with van der Waals surface area (Å²) in [5.41, 5.74) is 5.97. The van der Waals surface area contributed by atoms with Crippen molar-refractivity contribution in [2.75, 3.05) is 46.6 Å². The molecule has 0 spiro atoms. The molecule has 2 N–H and O–H groups in total. The molecule has 1 rings (SSSR count). The normalized spacial score (nSPS) is 27.2. The summed E-state index contributed by atoms with van der Waals surface area (Å²) in [4.78, 5) is 2.40. The maximum atomic E-state index is 5.92. The molecular weight excluding hydrogens is 192 g/mol. The van der Waals surface area contributed by atoms with Gasteiger partial charge in [0.1, 0.15) is 0 Å². The number of hydrogen-bond acceptors (Lipinski definition) is 4. The van der Waals surface area contributed by atoms with Crippen LogP contribution in [0.4, 0.5) is 0 Å². The predicted octanol–water partition coefficient (Wildman–Crippen LogP) is 0.463. The van der Waals surface area contributed by atoms with Gasteiger partial charge in [0, 0.05) is 26.8 Å². The van der Waals surface area contributed by atoms with Gasteiger partial charge in [0.2, 0.25) is 0 Å². The molecule has 0 amide bonds. The molecule has 0 aliphatic carbocycles. The third kappa shape index (κ3) is 3.14. The van der Waals surface area contributed by atoms with Crippen LogP contribution in [0.3, 0.4) is 0 Å². The van der Waals surface area contributed by atoms with Gasteiger partial charge in [-0.3, -0.25) is 4.90 Å². The van der Waals surface area contributed by atoms with E-state index < -0.39 is 0 Å². The average Bonchev–Trinajstić information content (AvgIpc) is 2.31. The Balaban J connectivity index is 2.58. The predicted molar refractivity (Wildman–Crippen MR) is 61.0 cm³/mol. The second kappa shape index (κ2) is 6.43. The third-order valence-electron chi connectivity index (χ3n) is 3.30. The highest BCUT2D eigenvalue weighted by Gasteiger charge is 2.36. The van der Waals surface area contributed by atoms with Crippen LogP contribution in [0.1, 0.15) is 19.8 Å². The van der Waals surface area contributed by atoms with Gasteiger partial charge in [0.25, 0.3) is 0 Å². The molecule has 1 fully saturated rings. The van der Waals surface area contributed by atoms with Crippen molar-refractivity contribution in [2.24, 2.45) is 5.73 Å². The van der Waals surface area contributed by atoms with E-state index in [-0.39, 0.29) is 5.54 Å². The Labute approximate surface area is 92.7 Å². The van der Waals surface area contributed by atoms with Gasteiger partial charge in [-0.1, -0.05) is 6.92 Å². The van der Waals surface area contributed by atoms with Crippen LogP contribution in [0.25, 0.3) is 0 Å². The molecule has 4 nitrogen and oxygen atoms in total. The van der Waals surface area contributed by atoms with Crippen molar-refractivity contribution in [3.63, 3.8) is 0 Å². The second-order valence-corrected chi connectivity index (χ2v) is 4.16. The summed E-state index contributed by atoms with van der Waals surface area (Å²) < 4.78 is 10.7. The smallest absolute Gasteiger partial charge is 0.0662 e. The molecule has 15 heavy (non-hydrogen) atoms. The summed E-state index contributed by atoms with van der Waals surface area (Å²) in [6, 6.07) is 0. The molecule has 0 aromatic rings. The van der Waals surface area contributed by atoms with Gasteiger partial charge in [-0.15, -0.1) is 0 Å². The summed E-state index contributed by atoms with van der Waals surface area (Å²) in [5.74, 6) is 0. The van der Waals surface area contributed by atoms with Crippen molar-refractivity contribution >= 4 is 0 Å². The molecule has 1 atom stereocenters. The molecule has 0 radical (unpaired) electrons. The monoisotopic (exact) mass is 216 g/mol. The molecule has 0 bridgehead atoms. The number of nitrogens with two attached hydrogens (primary N) is 1. The second-order valence-electron chi connectivity index (χ2n) is 4.16. The van der Waals surface area contributed by atoms with Crippen LogP contribution in [-0.4, -0.2) is 57.0 Å². The van der Waals surface area contributed by atoms with E-state index in [0.29, 0.717) is 6.54 Å². The maximum absolute atomic E-state index is 5.92. The Morgan fingerprint density at radius 3 is 2.80 bits per heavy atom. The fourth-order valence-electron chi connectivity index (χ4n) is 2.31. The van der Waals surface area contributed by atoms with Gasteiger partial charge in [-0.2, -0.15) is 0 Å². The summed E-state index contributed by atoms with van der Waals surface area (Å²) in [5, 5.41) is 0. The molecule has 1 aliphatic rings. The van der Waals surface area contributed by atoms with Crippen molar-refractivity contribution in [3.8, 4) is 0 Å². The molecule has 1 heterocycles. The fourth-order valence-corrected chi connectivity index (χ4v) is 2.31. The van der Waals surface area contributed by atoms with Crippen LogP contribution < -0.4 is 5.73 Å². The van der Waals surface area contributed by atoms with E-state index in [9.17, 15) is 0 Å². The molecule has 0 saturated carbocycles. The zero-order chi connectivity index (χ0) is 11.1. The van der Waals surface area contributed by atoms with Gasteiger partial charge in [-0.25, -0.2) is 0 Å². The number of hydrogen-bond donors (Lipinski definition) is 1. The van der Waals surface area contributed by atoms with E-state index in [0.717, 1.165) is 45.8 Å². The SMILES string of the molecule is CCN(CCOC)C1(CN)CCCOC1. The van der Waals surface area contributed by atoms with Crippen molar-refractivity contribution in [1.29, 1.82) is 0 Å². The minimum Gasteiger partial charge on any atom is -0.383 e. The minimum absolute atomic E-state index is 0.0472. The lowest BCUT2D eigenvalue weighted by Crippen LogP contribution is -2.59. The lowest BCUT2D eigenvalue weighted by molar-refractivity contribution is -0.0495. The largest absolute Gasteiger partial charge is 0.383 e. The molecule has 1 saturated heterocycles. The Morgan fingerprint density at radius 1 is 1.53 bits per heavy atom. The highest BCUT2D eigenvalue weighted by atomic mass is 16.5. The zero-order valence-corrected chi connectivity index (χ0v) is 10.00. The number of rotatable bonds is 6. The Kier molecular flexibility index (Phi) is 5.53. The topological polar surface area (TPSA) is 47.7 Å². The van der Waals surface area contributed by atoms with Crippen molar-refractivity contribution in [1.82, 2.24) is 4.90 Å². The molecule has 0 aromatic carbocycles. The van der Waals surface area contributed by atoms with Crippen LogP contribution in [0.5, 0.6) is 0 Å². The van der Waals surface area contributed by atoms with Gasteiger partial charge >= 0.3 is 0 Å². The van der Waals surface area contributed by atoms with E-state index >= 15 is 0 Å². The van der Waals surface area contributed by atoms with Gasteiger partial charge in [-0.05, 0) is 19.4 Å². The summed E-state index contributed by atoms with van der Waals surface area (Å²) in [7, 11) is 1.74. The third-order valence-corrected chi connectivity index (χ3v) is 3.30. The van der Waals surface area contributed by atoms with Crippen molar-refractivity contribution in [2.45, 2.75) is 25.3 Å². The van der Waals surface area contributed by atoms with Crippen LogP contribution >= 0.6 is 0 Å². The Bertz CT molecular complexity index is 170. The minimum atomic E-state index is 0.0472. The highest BCUT2D eigenvalue weighted by Crippen LogP contribution is 2.25. The zero-order valence-electron chi connectivity index (χ0n) is 10.00. The number of likely N-dealkylation sites (N-methyl/N-ethyl adjacent to an activating group) is 1. The van der Waals surface area contributed by atoms with E-state index in [1.807, 2.05) is 0 Å². The summed E-state index contributed by atoms with van der Waals surface area (Å²) in [6.45, 7) is 7.18. The number of ether oxygens (including phenoxy) is 2. The summed E-state index contributed by atoms with van der Waals surface area (Å²) >= 11 is 0. The van der Waals surface area contributed by atoms with Crippen LogP contribution in [0.2, 0.25) is 0 Å². The maximum Gasteiger partial charge on any atom is 0.0662 e. The number of nitrogens with zero attached hydrogens (tertiary/aromatic N) is 1. The van der Waals surface area contributed by atoms with Gasteiger partial charge < -0.3 is 15.2 Å². The Hall–Kier alpha value is -0.160. The molecule has 0 aromatic heterocycles. The number of methoxy groups -OCH3 is 1. The molecular formula is C11H24N2O2. The van der Waals surface area contributed by atoms with Gasteiger partial charge in [0.05, 0.1) is 18.8 Å². The molecule has 4 heteroatoms. The first-order valence-electron chi connectivity index (χ1n) is 5.81. The Morgan fingerprint density at radius 2 is 2.33 bits per heavy atom. The van der Waals surface area contributed by atoms with Crippen molar-refractivity contribution < 1.29 is 9.47 Å². The fraction of sp³-hybridized carbons (Fsp3) is 1.00. The van der Waals surface area contributed by atoms with Gasteiger partial charge in [0.15, 0.2) is 0 Å². The molecule has 1 unspecified atom stereocenters. The summed E-state index contributed by atoms with van der Waals surface area (Å²) in [6.07, 6.45) is 2.25. The lowest BCUT2D eigenvalue weighted by Gasteiger charge is -2.45.